The highest BCUT2D eigenvalue weighted by molar-refractivity contribution is 7.13. The van der Waals surface area contributed by atoms with Crippen molar-refractivity contribution < 1.29 is 14.3 Å². The third-order valence-electron chi connectivity index (χ3n) is 4.39. The topological polar surface area (TPSA) is 93.2 Å². The van der Waals surface area contributed by atoms with Gasteiger partial charge in [-0.3, -0.25) is 14.6 Å². The van der Waals surface area contributed by atoms with E-state index in [0.29, 0.717) is 22.6 Å². The standard InChI is InChI=1S/C23H18N4O3S/c1-30-19-7-5-15(6-8-19)23-27-20(14-31-23)22(29)26-18-4-2-3-16(13-18)21(28)25-17-9-11-24-12-10-17/h2-14H,1H3,(H,26,29)(H,24,25,28). The highest BCUT2D eigenvalue weighted by Crippen LogP contribution is 2.26. The van der Waals surface area contributed by atoms with Crippen molar-refractivity contribution in [3.8, 4) is 16.3 Å². The maximum absolute atomic E-state index is 12.6. The zero-order valence-corrected chi connectivity index (χ0v) is 17.3. The van der Waals surface area contributed by atoms with Gasteiger partial charge in [-0.25, -0.2) is 4.98 Å². The molecule has 0 aliphatic carbocycles. The molecule has 4 rings (SSSR count). The van der Waals surface area contributed by atoms with Crippen LogP contribution in [0, 0.1) is 0 Å². The van der Waals surface area contributed by atoms with Crippen LogP contribution in [0.5, 0.6) is 5.75 Å². The number of hydrogen-bond donors (Lipinski definition) is 2. The van der Waals surface area contributed by atoms with E-state index >= 15 is 0 Å². The molecule has 0 saturated carbocycles. The molecular weight excluding hydrogens is 412 g/mol. The Bertz CT molecular complexity index is 1210. The first kappa shape index (κ1) is 20.2. The number of nitrogens with zero attached hydrogens (tertiary/aromatic N) is 2. The summed E-state index contributed by atoms with van der Waals surface area (Å²) in [5.74, 6) is 0.131. The second kappa shape index (κ2) is 9.19. The smallest absolute Gasteiger partial charge is 0.275 e. The van der Waals surface area contributed by atoms with Crippen LogP contribution in [-0.4, -0.2) is 28.9 Å². The molecule has 154 valence electrons. The summed E-state index contributed by atoms with van der Waals surface area (Å²) < 4.78 is 5.16. The minimum atomic E-state index is -0.345. The van der Waals surface area contributed by atoms with E-state index in [1.807, 2.05) is 24.3 Å². The van der Waals surface area contributed by atoms with Crippen LogP contribution in [-0.2, 0) is 0 Å². The molecule has 2 aromatic heterocycles. The predicted molar refractivity (Wildman–Crippen MR) is 121 cm³/mol. The number of amides is 2. The van der Waals surface area contributed by atoms with Crippen molar-refractivity contribution in [1.82, 2.24) is 9.97 Å². The van der Waals surface area contributed by atoms with Crippen molar-refractivity contribution in [3.05, 3.63) is 89.7 Å². The van der Waals surface area contributed by atoms with Crippen LogP contribution in [0.15, 0.2) is 78.4 Å². The molecule has 0 fully saturated rings. The number of carbonyl (C=O) groups excluding carboxylic acids is 2. The summed E-state index contributed by atoms with van der Waals surface area (Å²) in [5, 5.41) is 8.02. The monoisotopic (exact) mass is 430 g/mol. The molecule has 2 N–H and O–H groups in total. The van der Waals surface area contributed by atoms with Gasteiger partial charge >= 0.3 is 0 Å². The molecule has 0 atom stereocenters. The number of aromatic nitrogens is 2. The number of nitrogens with one attached hydrogen (secondary N) is 2. The van der Waals surface area contributed by atoms with Crippen molar-refractivity contribution in [2.75, 3.05) is 17.7 Å². The average Bonchev–Trinajstić information content (AvgIpc) is 3.30. The molecule has 0 aliphatic heterocycles. The van der Waals surface area contributed by atoms with Crippen molar-refractivity contribution in [2.24, 2.45) is 0 Å². The van der Waals surface area contributed by atoms with Crippen molar-refractivity contribution in [3.63, 3.8) is 0 Å². The van der Waals surface area contributed by atoms with Gasteiger partial charge in [0.25, 0.3) is 11.8 Å². The number of pyridine rings is 1. The van der Waals surface area contributed by atoms with Crippen molar-refractivity contribution >= 4 is 34.5 Å². The number of anilines is 2. The van der Waals surface area contributed by atoms with E-state index in [1.165, 1.54) is 11.3 Å². The molecule has 2 amide bonds. The van der Waals surface area contributed by atoms with E-state index < -0.39 is 0 Å². The molecule has 0 spiro atoms. The number of rotatable bonds is 6. The van der Waals surface area contributed by atoms with E-state index in [9.17, 15) is 9.59 Å². The minimum Gasteiger partial charge on any atom is -0.497 e. The van der Waals surface area contributed by atoms with Gasteiger partial charge in [-0.2, -0.15) is 0 Å². The Morgan fingerprint density at radius 3 is 2.39 bits per heavy atom. The summed E-state index contributed by atoms with van der Waals surface area (Å²) in [6.45, 7) is 0. The first-order valence-corrected chi connectivity index (χ1v) is 10.2. The van der Waals surface area contributed by atoms with Crippen LogP contribution in [0.3, 0.4) is 0 Å². The highest BCUT2D eigenvalue weighted by Gasteiger charge is 2.14. The van der Waals surface area contributed by atoms with Gasteiger partial charge in [-0.05, 0) is 54.6 Å². The Morgan fingerprint density at radius 2 is 1.65 bits per heavy atom. The summed E-state index contributed by atoms with van der Waals surface area (Å²) in [6.07, 6.45) is 3.20. The summed E-state index contributed by atoms with van der Waals surface area (Å²) in [5.41, 5.74) is 2.78. The van der Waals surface area contributed by atoms with Crippen LogP contribution in [0.1, 0.15) is 20.8 Å². The largest absolute Gasteiger partial charge is 0.497 e. The van der Waals surface area contributed by atoms with Gasteiger partial charge < -0.3 is 15.4 Å². The number of ether oxygens (including phenoxy) is 1. The molecule has 2 aromatic carbocycles. The Labute approximate surface area is 182 Å². The number of hydrogen-bond acceptors (Lipinski definition) is 6. The van der Waals surface area contributed by atoms with E-state index in [2.05, 4.69) is 20.6 Å². The first-order valence-electron chi connectivity index (χ1n) is 9.35. The zero-order chi connectivity index (χ0) is 21.6. The lowest BCUT2D eigenvalue weighted by Crippen LogP contribution is -2.15. The summed E-state index contributed by atoms with van der Waals surface area (Å²) >= 11 is 1.38. The second-order valence-electron chi connectivity index (χ2n) is 6.49. The molecule has 0 radical (unpaired) electrons. The molecule has 31 heavy (non-hydrogen) atoms. The molecule has 0 saturated heterocycles. The SMILES string of the molecule is COc1ccc(-c2nc(C(=O)Nc3cccc(C(=O)Nc4ccncc4)c3)cs2)cc1. The molecule has 2 heterocycles. The van der Waals surface area contributed by atoms with E-state index in [0.717, 1.165) is 16.3 Å². The molecule has 0 unspecified atom stereocenters. The number of benzene rings is 2. The van der Waals surface area contributed by atoms with Gasteiger partial charge in [0, 0.05) is 40.3 Å². The summed E-state index contributed by atoms with van der Waals surface area (Å²) in [4.78, 5) is 33.4. The second-order valence-corrected chi connectivity index (χ2v) is 7.35. The van der Waals surface area contributed by atoms with Crippen LogP contribution >= 0.6 is 11.3 Å². The normalized spacial score (nSPS) is 10.4. The average molecular weight is 430 g/mol. The lowest BCUT2D eigenvalue weighted by atomic mass is 10.2. The number of thiazole rings is 1. The van der Waals surface area contributed by atoms with Gasteiger partial charge in [0.1, 0.15) is 16.5 Å². The Kier molecular flexibility index (Phi) is 6.00. The maximum Gasteiger partial charge on any atom is 0.275 e. The fourth-order valence-electron chi connectivity index (χ4n) is 2.82. The van der Waals surface area contributed by atoms with Crippen LogP contribution in [0.4, 0.5) is 11.4 Å². The summed E-state index contributed by atoms with van der Waals surface area (Å²) in [7, 11) is 1.61. The zero-order valence-electron chi connectivity index (χ0n) is 16.5. The van der Waals surface area contributed by atoms with Crippen molar-refractivity contribution in [2.45, 2.75) is 0 Å². The lowest BCUT2D eigenvalue weighted by molar-refractivity contribution is 0.101. The Morgan fingerprint density at radius 1 is 0.903 bits per heavy atom. The van der Waals surface area contributed by atoms with E-state index in [4.69, 9.17) is 4.74 Å². The fourth-order valence-corrected chi connectivity index (χ4v) is 3.62. The quantitative estimate of drug-likeness (QED) is 0.462. The number of carbonyl (C=O) groups is 2. The summed E-state index contributed by atoms with van der Waals surface area (Å²) in [6, 6.07) is 17.6. The molecule has 0 bridgehead atoms. The number of methoxy groups -OCH3 is 1. The van der Waals surface area contributed by atoms with Gasteiger partial charge in [0.15, 0.2) is 0 Å². The van der Waals surface area contributed by atoms with Crippen molar-refractivity contribution in [1.29, 1.82) is 0 Å². The van der Waals surface area contributed by atoms with Crippen LogP contribution in [0.25, 0.3) is 10.6 Å². The third-order valence-corrected chi connectivity index (χ3v) is 5.29. The minimum absolute atomic E-state index is 0.280. The van der Waals surface area contributed by atoms with E-state index in [1.54, 1.807) is 61.3 Å². The van der Waals surface area contributed by atoms with Gasteiger partial charge in [-0.15, -0.1) is 11.3 Å². The Hall–Kier alpha value is -4.04. The third kappa shape index (κ3) is 4.93. The molecule has 4 aromatic rings. The van der Waals surface area contributed by atoms with Gasteiger partial charge in [-0.1, -0.05) is 6.07 Å². The predicted octanol–water partition coefficient (Wildman–Crippen LogP) is 4.72. The van der Waals surface area contributed by atoms with Crippen LogP contribution in [0.2, 0.25) is 0 Å². The molecule has 7 nitrogen and oxygen atoms in total. The van der Waals surface area contributed by atoms with E-state index in [-0.39, 0.29) is 11.8 Å². The van der Waals surface area contributed by atoms with Crippen LogP contribution < -0.4 is 15.4 Å². The molecular formula is C23H18N4O3S. The molecule has 0 aliphatic rings. The first-order chi connectivity index (χ1) is 15.1. The molecule has 8 heteroatoms. The Balaban J connectivity index is 1.44. The lowest BCUT2D eigenvalue weighted by Gasteiger charge is -2.07. The highest BCUT2D eigenvalue weighted by atomic mass is 32.1. The van der Waals surface area contributed by atoms with Gasteiger partial charge in [0.2, 0.25) is 0 Å². The maximum atomic E-state index is 12.6. The van der Waals surface area contributed by atoms with Gasteiger partial charge in [0.05, 0.1) is 7.11 Å². The fraction of sp³-hybridized carbons (Fsp3) is 0.0435.